The van der Waals surface area contributed by atoms with Crippen molar-refractivity contribution < 1.29 is 9.59 Å². The number of carbonyl (C=O) groups is 2. The Kier molecular flexibility index (Phi) is 6.36. The van der Waals surface area contributed by atoms with Gasteiger partial charge in [0.05, 0.1) is 11.4 Å². The van der Waals surface area contributed by atoms with Gasteiger partial charge in [-0.05, 0) is 22.9 Å². The minimum absolute atomic E-state index is 0.0137. The van der Waals surface area contributed by atoms with Gasteiger partial charge in [-0.2, -0.15) is 0 Å². The highest BCUT2D eigenvalue weighted by atomic mass is 32.1. The van der Waals surface area contributed by atoms with Gasteiger partial charge >= 0.3 is 0 Å². The number of hydrogen-bond acceptors (Lipinski definition) is 4. The average molecular weight is 334 g/mol. The zero-order valence-corrected chi connectivity index (χ0v) is 13.8. The van der Waals surface area contributed by atoms with E-state index < -0.39 is 0 Å². The Morgan fingerprint density at radius 1 is 1.23 bits per heavy atom. The largest absolute Gasteiger partial charge is 0.351 e. The van der Waals surface area contributed by atoms with Crippen LogP contribution in [0.25, 0.3) is 0 Å². The fourth-order valence-electron chi connectivity index (χ4n) is 1.94. The number of nitrogens with zero attached hydrogens (tertiary/aromatic N) is 1. The third kappa shape index (κ3) is 4.82. The molecule has 0 radical (unpaired) electrons. The Morgan fingerprint density at radius 2 is 2.00 bits per heavy atom. The summed E-state index contributed by atoms with van der Waals surface area (Å²) in [5, 5.41) is 6.62. The lowest BCUT2D eigenvalue weighted by atomic mass is 10.3. The van der Waals surface area contributed by atoms with Crippen molar-refractivity contribution in [1.82, 2.24) is 10.2 Å². The highest BCUT2D eigenvalue weighted by molar-refractivity contribution is 7.12. The van der Waals surface area contributed by atoms with Gasteiger partial charge in [0.2, 0.25) is 5.91 Å². The van der Waals surface area contributed by atoms with E-state index in [1.807, 2.05) is 29.0 Å². The molecule has 0 aliphatic carbocycles. The first kappa shape index (κ1) is 16.5. The van der Waals surface area contributed by atoms with Gasteiger partial charge in [0.1, 0.15) is 0 Å². The van der Waals surface area contributed by atoms with Gasteiger partial charge in [0.15, 0.2) is 0 Å². The van der Waals surface area contributed by atoms with Gasteiger partial charge in [-0.15, -0.1) is 29.3 Å². The summed E-state index contributed by atoms with van der Waals surface area (Å²) in [7, 11) is 0. The highest BCUT2D eigenvalue weighted by Gasteiger charge is 2.14. The summed E-state index contributed by atoms with van der Waals surface area (Å²) in [5.41, 5.74) is 0. The van der Waals surface area contributed by atoms with Gasteiger partial charge < -0.3 is 10.2 Å². The molecule has 0 saturated carbocycles. The number of nitrogens with one attached hydrogen (secondary N) is 1. The second-order valence-corrected chi connectivity index (χ2v) is 6.61. The predicted molar refractivity (Wildman–Crippen MR) is 91.2 cm³/mol. The van der Waals surface area contributed by atoms with E-state index in [9.17, 15) is 9.59 Å². The van der Waals surface area contributed by atoms with Crippen molar-refractivity contribution in [3.8, 4) is 0 Å². The molecule has 0 aliphatic heterocycles. The fraction of sp³-hybridized carbons (Fsp3) is 0.250. The van der Waals surface area contributed by atoms with Crippen LogP contribution in [0.1, 0.15) is 21.0 Å². The third-order valence-electron chi connectivity index (χ3n) is 3.00. The van der Waals surface area contributed by atoms with Gasteiger partial charge in [0.25, 0.3) is 5.91 Å². The molecule has 1 N–H and O–H groups in total. The first-order chi connectivity index (χ1) is 10.7. The van der Waals surface area contributed by atoms with Crippen LogP contribution in [0.4, 0.5) is 0 Å². The van der Waals surface area contributed by atoms with Crippen LogP contribution >= 0.6 is 22.7 Å². The molecule has 2 aromatic rings. The summed E-state index contributed by atoms with van der Waals surface area (Å²) in [6.45, 7) is 5.13. The quantitative estimate of drug-likeness (QED) is 0.754. The van der Waals surface area contributed by atoms with E-state index in [1.54, 1.807) is 28.4 Å². The molecule has 116 valence electrons. The molecule has 2 rings (SSSR count). The van der Waals surface area contributed by atoms with Crippen molar-refractivity contribution in [1.29, 1.82) is 0 Å². The van der Waals surface area contributed by atoms with Crippen molar-refractivity contribution in [2.24, 2.45) is 0 Å². The monoisotopic (exact) mass is 334 g/mol. The maximum atomic E-state index is 12.3. The standard InChI is InChI=1S/C16H18N2O2S2/c1-2-9-18(12-13-5-3-10-21-13)15(19)7-8-17-16(20)14-6-4-11-22-14/h2-6,10-11H,1,7-9,12H2,(H,17,20). The Bertz CT molecular complexity index is 606. The summed E-state index contributed by atoms with van der Waals surface area (Å²) >= 11 is 3.01. The smallest absolute Gasteiger partial charge is 0.261 e. The molecule has 6 heteroatoms. The molecular formula is C16H18N2O2S2. The lowest BCUT2D eigenvalue weighted by Gasteiger charge is -2.20. The molecule has 2 aromatic heterocycles. The summed E-state index contributed by atoms with van der Waals surface area (Å²) in [5.74, 6) is -0.115. The van der Waals surface area contributed by atoms with Crippen LogP contribution in [0, 0.1) is 0 Å². The SMILES string of the molecule is C=CCN(Cc1cccs1)C(=O)CCNC(=O)c1cccs1. The van der Waals surface area contributed by atoms with E-state index in [0.29, 0.717) is 24.5 Å². The first-order valence-electron chi connectivity index (χ1n) is 6.93. The summed E-state index contributed by atoms with van der Waals surface area (Å²) in [6, 6.07) is 7.57. The molecular weight excluding hydrogens is 316 g/mol. The van der Waals surface area contributed by atoms with Crippen LogP contribution in [-0.2, 0) is 11.3 Å². The van der Waals surface area contributed by atoms with Crippen LogP contribution < -0.4 is 5.32 Å². The normalized spacial score (nSPS) is 10.2. The van der Waals surface area contributed by atoms with Crippen molar-refractivity contribution in [3.63, 3.8) is 0 Å². The summed E-state index contributed by atoms with van der Waals surface area (Å²) < 4.78 is 0. The number of carbonyl (C=O) groups excluding carboxylic acids is 2. The van der Waals surface area contributed by atoms with Crippen LogP contribution in [0.3, 0.4) is 0 Å². The Labute approximate surface area is 138 Å². The zero-order valence-electron chi connectivity index (χ0n) is 12.2. The highest BCUT2D eigenvalue weighted by Crippen LogP contribution is 2.12. The Morgan fingerprint density at radius 3 is 2.64 bits per heavy atom. The third-order valence-corrected chi connectivity index (χ3v) is 4.73. The topological polar surface area (TPSA) is 49.4 Å². The summed E-state index contributed by atoms with van der Waals surface area (Å²) in [6.07, 6.45) is 2.01. The van der Waals surface area contributed by atoms with Gasteiger partial charge in [-0.25, -0.2) is 0 Å². The molecule has 2 amide bonds. The van der Waals surface area contributed by atoms with E-state index in [0.717, 1.165) is 4.88 Å². The van der Waals surface area contributed by atoms with Crippen molar-refractivity contribution in [2.75, 3.05) is 13.1 Å². The minimum atomic E-state index is -0.128. The molecule has 0 aromatic carbocycles. The minimum Gasteiger partial charge on any atom is -0.351 e. The van der Waals surface area contributed by atoms with Crippen molar-refractivity contribution >= 4 is 34.5 Å². The van der Waals surface area contributed by atoms with Crippen LogP contribution in [0.5, 0.6) is 0 Å². The maximum Gasteiger partial charge on any atom is 0.261 e. The Hall–Kier alpha value is -1.92. The molecule has 0 atom stereocenters. The molecule has 0 aliphatic rings. The van der Waals surface area contributed by atoms with Gasteiger partial charge in [0, 0.05) is 24.4 Å². The second kappa shape index (κ2) is 8.51. The van der Waals surface area contributed by atoms with E-state index >= 15 is 0 Å². The van der Waals surface area contributed by atoms with E-state index in [2.05, 4.69) is 11.9 Å². The number of amides is 2. The van der Waals surface area contributed by atoms with Crippen LogP contribution in [-0.4, -0.2) is 29.8 Å². The molecule has 0 saturated heterocycles. The van der Waals surface area contributed by atoms with Crippen molar-refractivity contribution in [3.05, 3.63) is 57.4 Å². The fourth-order valence-corrected chi connectivity index (χ4v) is 3.30. The molecule has 4 nitrogen and oxygen atoms in total. The number of thiophene rings is 2. The van der Waals surface area contributed by atoms with Gasteiger partial charge in [-0.3, -0.25) is 9.59 Å². The lowest BCUT2D eigenvalue weighted by molar-refractivity contribution is -0.131. The molecule has 0 bridgehead atoms. The molecule has 22 heavy (non-hydrogen) atoms. The molecule has 0 spiro atoms. The van der Waals surface area contributed by atoms with Gasteiger partial charge in [-0.1, -0.05) is 18.2 Å². The number of hydrogen-bond donors (Lipinski definition) is 1. The predicted octanol–water partition coefficient (Wildman–Crippen LogP) is 3.14. The van der Waals surface area contributed by atoms with Crippen LogP contribution in [0.15, 0.2) is 47.7 Å². The van der Waals surface area contributed by atoms with E-state index in [1.165, 1.54) is 11.3 Å². The van der Waals surface area contributed by atoms with E-state index in [4.69, 9.17) is 0 Å². The van der Waals surface area contributed by atoms with Crippen LogP contribution in [0.2, 0.25) is 0 Å². The van der Waals surface area contributed by atoms with E-state index in [-0.39, 0.29) is 18.2 Å². The number of rotatable bonds is 8. The Balaban J connectivity index is 1.80. The second-order valence-electron chi connectivity index (χ2n) is 4.63. The lowest BCUT2D eigenvalue weighted by Crippen LogP contribution is -2.34. The van der Waals surface area contributed by atoms with Crippen molar-refractivity contribution in [2.45, 2.75) is 13.0 Å². The maximum absolute atomic E-state index is 12.3. The average Bonchev–Trinajstić information content (AvgIpc) is 3.20. The molecule has 2 heterocycles. The molecule has 0 unspecified atom stereocenters. The first-order valence-corrected chi connectivity index (χ1v) is 8.69. The molecule has 0 fully saturated rings. The zero-order chi connectivity index (χ0) is 15.8. The summed E-state index contributed by atoms with van der Waals surface area (Å²) in [4.78, 5) is 27.6.